The molecule has 11 heteroatoms. The van der Waals surface area contributed by atoms with E-state index < -0.39 is 5.97 Å². The minimum absolute atomic E-state index is 0.00745. The number of amides is 1. The minimum atomic E-state index is -0.621. The quantitative estimate of drug-likeness (QED) is 0.482. The van der Waals surface area contributed by atoms with Gasteiger partial charge in [0, 0.05) is 33.1 Å². The van der Waals surface area contributed by atoms with Crippen LogP contribution in [-0.4, -0.2) is 70.9 Å². The van der Waals surface area contributed by atoms with Gasteiger partial charge in [-0.3, -0.25) is 4.79 Å². The Morgan fingerprint density at radius 3 is 2.59 bits per heavy atom. The molecule has 11 nitrogen and oxygen atoms in total. The molecule has 0 saturated carbocycles. The number of para-hydroxylation sites is 1. The number of nitrogens with zero attached hydrogens (tertiary/aromatic N) is 6. The molecule has 0 spiro atoms. The van der Waals surface area contributed by atoms with Crippen LogP contribution in [0, 0.1) is 18.3 Å². The molecular weight excluding hydrogens is 440 g/mol. The zero-order chi connectivity index (χ0) is 24.1. The smallest absolute Gasteiger partial charge is 0.362 e. The molecule has 0 radical (unpaired) electrons. The van der Waals surface area contributed by atoms with Crippen LogP contribution in [0.25, 0.3) is 5.69 Å². The van der Waals surface area contributed by atoms with Crippen molar-refractivity contribution >= 4 is 17.8 Å². The van der Waals surface area contributed by atoms with Crippen molar-refractivity contribution in [2.75, 3.05) is 44.3 Å². The number of hydrogen-bond acceptors (Lipinski definition) is 9. The van der Waals surface area contributed by atoms with Crippen molar-refractivity contribution < 1.29 is 23.5 Å². The first kappa shape index (κ1) is 22.8. The number of carbonyl (C=O) groups is 2. The molecule has 1 aliphatic rings. The molecule has 1 amide bonds. The predicted octanol–water partition coefficient (Wildman–Crippen LogP) is 1.94. The number of benzene rings is 1. The highest BCUT2D eigenvalue weighted by atomic mass is 16.5. The highest BCUT2D eigenvalue weighted by molar-refractivity contribution is 5.90. The number of anilines is 1. The van der Waals surface area contributed by atoms with Crippen LogP contribution in [0.5, 0.6) is 5.75 Å². The minimum Gasteiger partial charge on any atom is -0.480 e. The number of ether oxygens (including phenoxy) is 2. The molecule has 1 aromatic carbocycles. The first-order valence-corrected chi connectivity index (χ1v) is 10.9. The molecule has 0 bridgehead atoms. The maximum absolute atomic E-state index is 12.8. The van der Waals surface area contributed by atoms with E-state index in [-0.39, 0.29) is 36.3 Å². The summed E-state index contributed by atoms with van der Waals surface area (Å²) in [5, 5.41) is 13.5. The molecule has 1 aliphatic heterocycles. The third kappa shape index (κ3) is 4.85. The Bertz CT molecular complexity index is 1200. The lowest BCUT2D eigenvalue weighted by Gasteiger charge is -2.34. The summed E-state index contributed by atoms with van der Waals surface area (Å²) in [5.74, 6) is 0.174. The normalized spacial score (nSPS) is 13.4. The molecule has 0 aliphatic carbocycles. The summed E-state index contributed by atoms with van der Waals surface area (Å²) in [6, 6.07) is 11.3. The van der Waals surface area contributed by atoms with Crippen LogP contribution in [0.3, 0.4) is 0 Å². The molecule has 1 saturated heterocycles. The van der Waals surface area contributed by atoms with Crippen molar-refractivity contribution in [2.24, 2.45) is 0 Å². The van der Waals surface area contributed by atoms with Gasteiger partial charge in [-0.05, 0) is 19.1 Å². The highest BCUT2D eigenvalue weighted by Gasteiger charge is 2.27. The van der Waals surface area contributed by atoms with Gasteiger partial charge in [-0.15, -0.1) is 0 Å². The second kappa shape index (κ2) is 10.1. The summed E-state index contributed by atoms with van der Waals surface area (Å²) in [5.41, 5.74) is 0.986. The van der Waals surface area contributed by atoms with E-state index in [9.17, 15) is 14.9 Å². The van der Waals surface area contributed by atoms with Crippen LogP contribution in [0.1, 0.15) is 29.0 Å². The van der Waals surface area contributed by atoms with Crippen LogP contribution >= 0.6 is 0 Å². The average Bonchev–Trinajstić information content (AvgIpc) is 3.47. The summed E-state index contributed by atoms with van der Waals surface area (Å²) in [6.45, 7) is 5.18. The van der Waals surface area contributed by atoms with E-state index in [4.69, 9.17) is 13.9 Å². The summed E-state index contributed by atoms with van der Waals surface area (Å²) in [4.78, 5) is 32.8. The van der Waals surface area contributed by atoms with Crippen LogP contribution in [-0.2, 0) is 9.53 Å². The Hall–Kier alpha value is -4.33. The zero-order valence-corrected chi connectivity index (χ0v) is 18.9. The molecule has 3 aromatic rings. The molecular formula is C23H24N6O5. The summed E-state index contributed by atoms with van der Waals surface area (Å²) < 4.78 is 17.9. The molecule has 34 heavy (non-hydrogen) atoms. The van der Waals surface area contributed by atoms with Gasteiger partial charge >= 0.3 is 5.97 Å². The van der Waals surface area contributed by atoms with Gasteiger partial charge < -0.3 is 23.7 Å². The lowest BCUT2D eigenvalue weighted by Crippen LogP contribution is -2.50. The molecule has 3 heterocycles. The second-order valence-corrected chi connectivity index (χ2v) is 7.50. The fraction of sp³-hybridized carbons (Fsp3) is 0.348. The van der Waals surface area contributed by atoms with Gasteiger partial charge in [0.15, 0.2) is 18.2 Å². The first-order chi connectivity index (χ1) is 16.5. The van der Waals surface area contributed by atoms with Crippen molar-refractivity contribution in [3.05, 3.63) is 53.8 Å². The van der Waals surface area contributed by atoms with E-state index in [1.807, 2.05) is 41.3 Å². The molecule has 4 rings (SSSR count). The van der Waals surface area contributed by atoms with Gasteiger partial charge in [0.25, 0.3) is 5.91 Å². The zero-order valence-electron chi connectivity index (χ0n) is 18.9. The number of oxazole rings is 1. The summed E-state index contributed by atoms with van der Waals surface area (Å²) in [7, 11) is 0. The van der Waals surface area contributed by atoms with Crippen LogP contribution in [0.2, 0.25) is 0 Å². The van der Waals surface area contributed by atoms with Gasteiger partial charge in [-0.25, -0.2) is 14.5 Å². The Labute approximate surface area is 196 Å². The number of rotatable bonds is 7. The van der Waals surface area contributed by atoms with Crippen molar-refractivity contribution in [3.63, 3.8) is 0 Å². The Morgan fingerprint density at radius 1 is 1.18 bits per heavy atom. The third-order valence-electron chi connectivity index (χ3n) is 5.26. The molecule has 176 valence electrons. The van der Waals surface area contributed by atoms with Gasteiger partial charge in [0.1, 0.15) is 6.07 Å². The Kier molecular flexibility index (Phi) is 6.77. The SMILES string of the molecule is CCOC(=O)c1nn(-c2ccccc2)cc1OCC(=O)N1CCN(c2oc(C)nc2C#N)CC1. The van der Waals surface area contributed by atoms with Crippen LogP contribution in [0.4, 0.5) is 5.88 Å². The maximum Gasteiger partial charge on any atom is 0.362 e. The molecule has 0 atom stereocenters. The number of nitriles is 1. The van der Waals surface area contributed by atoms with Crippen molar-refractivity contribution in [3.8, 4) is 17.5 Å². The number of esters is 1. The van der Waals surface area contributed by atoms with Crippen molar-refractivity contribution in [1.82, 2.24) is 19.7 Å². The molecule has 1 fully saturated rings. The van der Waals surface area contributed by atoms with Gasteiger partial charge in [-0.2, -0.15) is 10.4 Å². The average molecular weight is 464 g/mol. The Morgan fingerprint density at radius 2 is 1.91 bits per heavy atom. The van der Waals surface area contributed by atoms with E-state index in [1.165, 1.54) is 4.68 Å². The highest BCUT2D eigenvalue weighted by Crippen LogP contribution is 2.23. The topological polar surface area (TPSA) is 127 Å². The van der Waals surface area contributed by atoms with Gasteiger partial charge in [0.05, 0.1) is 18.5 Å². The lowest BCUT2D eigenvalue weighted by atomic mass is 10.3. The number of piperazine rings is 1. The summed E-state index contributed by atoms with van der Waals surface area (Å²) in [6.07, 6.45) is 1.56. The number of aromatic nitrogens is 3. The van der Waals surface area contributed by atoms with E-state index in [0.29, 0.717) is 38.0 Å². The second-order valence-electron chi connectivity index (χ2n) is 7.50. The lowest BCUT2D eigenvalue weighted by molar-refractivity contribution is -0.133. The number of hydrogen-bond donors (Lipinski definition) is 0. The molecule has 2 aromatic heterocycles. The number of carbonyl (C=O) groups excluding carboxylic acids is 2. The van der Waals surface area contributed by atoms with E-state index in [1.54, 1.807) is 24.9 Å². The van der Waals surface area contributed by atoms with Crippen molar-refractivity contribution in [2.45, 2.75) is 13.8 Å². The largest absolute Gasteiger partial charge is 0.480 e. The van der Waals surface area contributed by atoms with Crippen LogP contribution in [0.15, 0.2) is 40.9 Å². The van der Waals surface area contributed by atoms with E-state index >= 15 is 0 Å². The van der Waals surface area contributed by atoms with Gasteiger partial charge in [0.2, 0.25) is 17.3 Å². The van der Waals surface area contributed by atoms with Crippen LogP contribution < -0.4 is 9.64 Å². The predicted molar refractivity (Wildman–Crippen MR) is 120 cm³/mol. The fourth-order valence-electron chi connectivity index (χ4n) is 3.61. The van der Waals surface area contributed by atoms with Gasteiger partial charge in [-0.1, -0.05) is 18.2 Å². The number of aryl methyl sites for hydroxylation is 1. The summed E-state index contributed by atoms with van der Waals surface area (Å²) >= 11 is 0. The molecule has 0 N–H and O–H groups in total. The van der Waals surface area contributed by atoms with E-state index in [2.05, 4.69) is 10.1 Å². The third-order valence-corrected chi connectivity index (χ3v) is 5.26. The van der Waals surface area contributed by atoms with E-state index in [0.717, 1.165) is 5.69 Å². The monoisotopic (exact) mass is 464 g/mol. The fourth-order valence-corrected chi connectivity index (χ4v) is 3.61. The molecule has 0 unspecified atom stereocenters. The Balaban J connectivity index is 1.40. The standard InChI is InChI=1S/C23H24N6O5/c1-3-32-23(31)21-19(14-29(26-21)17-7-5-4-6-8-17)33-15-20(30)27-9-11-28(12-10-27)22-18(13-24)25-16(2)34-22/h4-8,14H,3,9-12,15H2,1-2H3. The maximum atomic E-state index is 12.8. The van der Waals surface area contributed by atoms with Crippen molar-refractivity contribution in [1.29, 1.82) is 5.26 Å². The first-order valence-electron chi connectivity index (χ1n) is 10.9.